The van der Waals surface area contributed by atoms with Crippen LogP contribution in [0.2, 0.25) is 0 Å². The number of hydrogen-bond donors (Lipinski definition) is 1. The number of carbonyl (C=O) groups is 1. The first-order chi connectivity index (χ1) is 12.6. The quantitative estimate of drug-likeness (QED) is 0.699. The molecule has 1 aliphatic rings. The maximum atomic E-state index is 13.2. The summed E-state index contributed by atoms with van der Waals surface area (Å²) in [6.45, 7) is 0.736. The number of benzene rings is 1. The van der Waals surface area contributed by atoms with Crippen molar-refractivity contribution in [2.75, 3.05) is 6.54 Å². The largest absolute Gasteiger partial charge is 0.350 e. The van der Waals surface area contributed by atoms with E-state index in [-0.39, 0.29) is 10.8 Å². The number of rotatable bonds is 5. The second kappa shape index (κ2) is 7.03. The summed E-state index contributed by atoms with van der Waals surface area (Å²) in [6, 6.07) is 8.07. The third kappa shape index (κ3) is 3.13. The molecule has 1 amide bonds. The average molecular weight is 409 g/mol. The van der Waals surface area contributed by atoms with Gasteiger partial charge in [-0.3, -0.25) is 4.79 Å². The standard InChI is InChI=1S/C16H16N4O3S3/c21-16(17-10-11-4-3-9-24-11)13-6-2-8-20(13)26(22,23)14-7-1-5-12-15(14)19-25-18-12/h1,3-5,7,9,13H,2,6,8,10H2,(H,17,21)/t13-/m1/s1. The predicted molar refractivity (Wildman–Crippen MR) is 100 cm³/mol. The van der Waals surface area contributed by atoms with Crippen molar-refractivity contribution in [1.82, 2.24) is 18.4 Å². The molecule has 0 radical (unpaired) electrons. The minimum atomic E-state index is -3.82. The Morgan fingerprint density at radius 3 is 2.96 bits per heavy atom. The second-order valence-corrected chi connectivity index (χ2v) is 9.38. The molecular weight excluding hydrogens is 392 g/mol. The summed E-state index contributed by atoms with van der Waals surface area (Å²) in [7, 11) is -3.82. The Morgan fingerprint density at radius 1 is 1.27 bits per heavy atom. The van der Waals surface area contributed by atoms with E-state index in [1.165, 1.54) is 10.4 Å². The fraction of sp³-hybridized carbons (Fsp3) is 0.312. The first-order valence-electron chi connectivity index (χ1n) is 8.10. The Labute approximate surface area is 159 Å². The van der Waals surface area contributed by atoms with E-state index < -0.39 is 16.1 Å². The van der Waals surface area contributed by atoms with E-state index in [1.807, 2.05) is 17.5 Å². The summed E-state index contributed by atoms with van der Waals surface area (Å²) in [6.07, 6.45) is 1.17. The number of thiophene rings is 1. The summed E-state index contributed by atoms with van der Waals surface area (Å²) in [5, 5.41) is 4.79. The Kier molecular flexibility index (Phi) is 4.74. The van der Waals surface area contributed by atoms with E-state index in [2.05, 4.69) is 14.1 Å². The molecule has 1 fully saturated rings. The minimum Gasteiger partial charge on any atom is -0.350 e. The van der Waals surface area contributed by atoms with Crippen molar-refractivity contribution in [2.45, 2.75) is 30.3 Å². The third-order valence-electron chi connectivity index (χ3n) is 4.36. The van der Waals surface area contributed by atoms with Crippen LogP contribution in [0.5, 0.6) is 0 Å². The fourth-order valence-corrected chi connectivity index (χ4v) is 6.17. The number of nitrogens with zero attached hydrogens (tertiary/aromatic N) is 3. The number of amides is 1. The highest BCUT2D eigenvalue weighted by atomic mass is 32.2. The monoisotopic (exact) mass is 408 g/mol. The van der Waals surface area contributed by atoms with Crippen molar-refractivity contribution >= 4 is 50.0 Å². The van der Waals surface area contributed by atoms with Crippen LogP contribution in [0.4, 0.5) is 0 Å². The van der Waals surface area contributed by atoms with Crippen LogP contribution in [0.3, 0.4) is 0 Å². The number of fused-ring (bicyclic) bond motifs is 1. The molecule has 1 atom stereocenters. The SMILES string of the molecule is O=C(NCc1cccs1)[C@H]1CCCN1S(=O)(=O)c1cccc2nsnc12. The topological polar surface area (TPSA) is 92.3 Å². The first kappa shape index (κ1) is 17.5. The zero-order valence-corrected chi connectivity index (χ0v) is 16.1. The Morgan fingerprint density at radius 2 is 2.15 bits per heavy atom. The van der Waals surface area contributed by atoms with Gasteiger partial charge in [0.2, 0.25) is 15.9 Å². The van der Waals surface area contributed by atoms with Crippen molar-refractivity contribution in [2.24, 2.45) is 0 Å². The molecule has 4 rings (SSSR count). The normalized spacial score (nSPS) is 18.4. The van der Waals surface area contributed by atoms with Crippen LogP contribution in [-0.2, 0) is 21.4 Å². The molecule has 136 valence electrons. The zero-order chi connectivity index (χ0) is 18.1. The Bertz CT molecular complexity index is 1030. The van der Waals surface area contributed by atoms with Crippen LogP contribution in [0.15, 0.2) is 40.6 Å². The van der Waals surface area contributed by atoms with Crippen LogP contribution in [-0.4, -0.2) is 40.0 Å². The minimum absolute atomic E-state index is 0.113. The maximum absolute atomic E-state index is 13.2. The van der Waals surface area contributed by atoms with E-state index in [0.717, 1.165) is 16.6 Å². The molecule has 1 aliphatic heterocycles. The van der Waals surface area contributed by atoms with Gasteiger partial charge in [-0.05, 0) is 36.4 Å². The van der Waals surface area contributed by atoms with Gasteiger partial charge < -0.3 is 5.32 Å². The summed E-state index contributed by atoms with van der Waals surface area (Å²) in [5.41, 5.74) is 0.913. The summed E-state index contributed by atoms with van der Waals surface area (Å²) in [4.78, 5) is 13.7. The molecule has 0 saturated carbocycles. The highest BCUT2D eigenvalue weighted by Crippen LogP contribution is 2.30. The van der Waals surface area contributed by atoms with Crippen LogP contribution >= 0.6 is 23.1 Å². The molecule has 10 heteroatoms. The highest BCUT2D eigenvalue weighted by Gasteiger charge is 2.40. The molecule has 0 spiro atoms. The molecular formula is C16H16N4O3S3. The molecule has 7 nitrogen and oxygen atoms in total. The number of hydrogen-bond acceptors (Lipinski definition) is 7. The summed E-state index contributed by atoms with van der Waals surface area (Å²) in [5.74, 6) is -0.261. The van der Waals surface area contributed by atoms with Crippen molar-refractivity contribution in [3.8, 4) is 0 Å². The number of nitrogens with one attached hydrogen (secondary N) is 1. The summed E-state index contributed by atoms with van der Waals surface area (Å²) < 4.78 is 35.9. The van der Waals surface area contributed by atoms with Gasteiger partial charge in [0.25, 0.3) is 0 Å². The molecule has 1 N–H and O–H groups in total. The van der Waals surface area contributed by atoms with E-state index in [9.17, 15) is 13.2 Å². The van der Waals surface area contributed by atoms with Gasteiger partial charge in [0.15, 0.2) is 0 Å². The number of aromatic nitrogens is 2. The number of sulfonamides is 1. The van der Waals surface area contributed by atoms with E-state index in [4.69, 9.17) is 0 Å². The summed E-state index contributed by atoms with van der Waals surface area (Å²) >= 11 is 2.53. The van der Waals surface area contributed by atoms with Gasteiger partial charge in [0, 0.05) is 11.4 Å². The first-order valence-corrected chi connectivity index (χ1v) is 11.2. The molecule has 1 saturated heterocycles. The van der Waals surface area contributed by atoms with E-state index >= 15 is 0 Å². The van der Waals surface area contributed by atoms with Crippen molar-refractivity contribution in [1.29, 1.82) is 0 Å². The van der Waals surface area contributed by atoms with Crippen molar-refractivity contribution in [3.63, 3.8) is 0 Å². The molecule has 3 aromatic rings. The lowest BCUT2D eigenvalue weighted by atomic mass is 10.2. The van der Waals surface area contributed by atoms with E-state index in [0.29, 0.717) is 37.0 Å². The Hall–Kier alpha value is -1.88. The molecule has 0 aliphatic carbocycles. The molecule has 0 bridgehead atoms. The lowest BCUT2D eigenvalue weighted by Gasteiger charge is -2.23. The lowest BCUT2D eigenvalue weighted by molar-refractivity contribution is -0.124. The smallest absolute Gasteiger partial charge is 0.246 e. The fourth-order valence-electron chi connectivity index (χ4n) is 3.11. The predicted octanol–water partition coefficient (Wildman–Crippen LogP) is 2.22. The van der Waals surface area contributed by atoms with Gasteiger partial charge in [-0.25, -0.2) is 8.42 Å². The van der Waals surface area contributed by atoms with Gasteiger partial charge >= 0.3 is 0 Å². The van der Waals surface area contributed by atoms with Crippen LogP contribution in [0, 0.1) is 0 Å². The van der Waals surface area contributed by atoms with Gasteiger partial charge in [-0.1, -0.05) is 12.1 Å². The zero-order valence-electron chi connectivity index (χ0n) is 13.7. The molecule has 2 aromatic heterocycles. The second-order valence-electron chi connectivity index (χ2n) is 5.96. The van der Waals surface area contributed by atoms with Gasteiger partial charge in [0.05, 0.1) is 18.3 Å². The van der Waals surface area contributed by atoms with Crippen molar-refractivity contribution < 1.29 is 13.2 Å². The van der Waals surface area contributed by atoms with Crippen LogP contribution < -0.4 is 5.32 Å². The van der Waals surface area contributed by atoms with E-state index in [1.54, 1.807) is 23.5 Å². The Balaban J connectivity index is 1.59. The van der Waals surface area contributed by atoms with Gasteiger partial charge in [-0.2, -0.15) is 13.1 Å². The maximum Gasteiger partial charge on any atom is 0.246 e. The van der Waals surface area contributed by atoms with Crippen LogP contribution in [0.25, 0.3) is 11.0 Å². The molecule has 1 aromatic carbocycles. The molecule has 3 heterocycles. The third-order valence-corrected chi connectivity index (χ3v) is 7.72. The van der Waals surface area contributed by atoms with Crippen LogP contribution in [0.1, 0.15) is 17.7 Å². The number of carbonyl (C=O) groups excluding carboxylic acids is 1. The average Bonchev–Trinajstić information content (AvgIpc) is 3.40. The van der Waals surface area contributed by atoms with Gasteiger partial charge in [0.1, 0.15) is 22.0 Å². The molecule has 26 heavy (non-hydrogen) atoms. The van der Waals surface area contributed by atoms with Crippen molar-refractivity contribution in [3.05, 3.63) is 40.6 Å². The highest BCUT2D eigenvalue weighted by molar-refractivity contribution is 7.89. The lowest BCUT2D eigenvalue weighted by Crippen LogP contribution is -2.45. The molecule has 0 unspecified atom stereocenters. The van der Waals surface area contributed by atoms with Gasteiger partial charge in [-0.15, -0.1) is 11.3 Å².